The lowest BCUT2D eigenvalue weighted by Crippen LogP contribution is -2.27. The molecule has 0 atom stereocenters. The van der Waals surface area contributed by atoms with Crippen molar-refractivity contribution in [2.24, 2.45) is 0 Å². The second kappa shape index (κ2) is 6.50. The van der Waals surface area contributed by atoms with Gasteiger partial charge in [-0.15, -0.1) is 0 Å². The van der Waals surface area contributed by atoms with Crippen molar-refractivity contribution >= 4 is 15.8 Å². The van der Waals surface area contributed by atoms with Crippen LogP contribution < -0.4 is 0 Å². The number of benzene rings is 1. The molecule has 0 amide bonds. The first-order valence-electron chi connectivity index (χ1n) is 7.19. The van der Waals surface area contributed by atoms with Gasteiger partial charge in [0.2, 0.25) is 10.0 Å². The molecule has 0 aliphatic carbocycles. The van der Waals surface area contributed by atoms with Crippen LogP contribution in [0, 0.1) is 0 Å². The third kappa shape index (κ3) is 3.27. The van der Waals surface area contributed by atoms with Gasteiger partial charge in [0.1, 0.15) is 0 Å². The van der Waals surface area contributed by atoms with Gasteiger partial charge in [0.05, 0.1) is 4.90 Å². The molecule has 1 fully saturated rings. The normalized spacial score (nSPS) is 16.4. The van der Waals surface area contributed by atoms with Crippen molar-refractivity contribution in [2.75, 3.05) is 13.1 Å². The minimum absolute atomic E-state index is 0.0805. The monoisotopic (exact) mass is 295 g/mol. The van der Waals surface area contributed by atoms with E-state index in [-0.39, 0.29) is 10.7 Å². The molecule has 1 heterocycles. The van der Waals surface area contributed by atoms with Crippen molar-refractivity contribution in [3.63, 3.8) is 0 Å². The predicted octanol–water partition coefficient (Wildman–Crippen LogP) is 2.84. The van der Waals surface area contributed by atoms with E-state index in [1.165, 1.54) is 4.31 Å². The summed E-state index contributed by atoms with van der Waals surface area (Å²) in [6, 6.07) is 6.35. The molecule has 0 bridgehead atoms. The predicted molar refractivity (Wildman–Crippen MR) is 78.3 cm³/mol. The summed E-state index contributed by atoms with van der Waals surface area (Å²) >= 11 is 0. The van der Waals surface area contributed by atoms with Gasteiger partial charge in [0.15, 0.2) is 5.78 Å². The molecule has 1 aliphatic heterocycles. The van der Waals surface area contributed by atoms with E-state index in [0.717, 1.165) is 25.7 Å². The van der Waals surface area contributed by atoms with E-state index in [2.05, 4.69) is 0 Å². The Bertz CT molecular complexity index is 557. The number of unbranched alkanes of at least 4 members (excludes halogenated alkanes) is 1. The Labute approximate surface area is 120 Å². The Morgan fingerprint density at radius 1 is 1.15 bits per heavy atom. The van der Waals surface area contributed by atoms with Gasteiger partial charge in [0.25, 0.3) is 0 Å². The van der Waals surface area contributed by atoms with Gasteiger partial charge < -0.3 is 0 Å². The third-order valence-electron chi connectivity index (χ3n) is 3.64. The summed E-state index contributed by atoms with van der Waals surface area (Å²) in [6.07, 6.45) is 4.22. The molecule has 1 saturated heterocycles. The molecule has 0 aromatic heterocycles. The first-order chi connectivity index (χ1) is 9.55. The number of carbonyl (C=O) groups is 1. The van der Waals surface area contributed by atoms with Crippen LogP contribution in [0.2, 0.25) is 0 Å². The van der Waals surface area contributed by atoms with E-state index in [1.54, 1.807) is 24.3 Å². The molecular weight excluding hydrogens is 274 g/mol. The van der Waals surface area contributed by atoms with Crippen LogP contribution >= 0.6 is 0 Å². The van der Waals surface area contributed by atoms with Gasteiger partial charge in [-0.25, -0.2) is 8.42 Å². The van der Waals surface area contributed by atoms with Gasteiger partial charge in [-0.1, -0.05) is 25.5 Å². The lowest BCUT2D eigenvalue weighted by Gasteiger charge is -2.15. The fourth-order valence-corrected chi connectivity index (χ4v) is 3.89. The van der Waals surface area contributed by atoms with Gasteiger partial charge in [-0.2, -0.15) is 4.31 Å². The number of sulfonamides is 1. The zero-order valence-electron chi connectivity index (χ0n) is 11.8. The van der Waals surface area contributed by atoms with Crippen LogP contribution in [-0.4, -0.2) is 31.6 Å². The van der Waals surface area contributed by atoms with Crippen molar-refractivity contribution in [1.82, 2.24) is 4.31 Å². The van der Waals surface area contributed by atoms with Crippen molar-refractivity contribution in [3.8, 4) is 0 Å². The molecule has 0 unspecified atom stereocenters. The Morgan fingerprint density at radius 2 is 1.75 bits per heavy atom. The van der Waals surface area contributed by atoms with Gasteiger partial charge in [0, 0.05) is 25.1 Å². The lowest BCUT2D eigenvalue weighted by molar-refractivity contribution is 0.0979. The molecule has 0 spiro atoms. The van der Waals surface area contributed by atoms with E-state index in [4.69, 9.17) is 0 Å². The number of carbonyl (C=O) groups excluding carboxylic acids is 1. The molecule has 20 heavy (non-hydrogen) atoms. The van der Waals surface area contributed by atoms with Crippen LogP contribution in [0.15, 0.2) is 29.2 Å². The third-order valence-corrected chi connectivity index (χ3v) is 5.55. The zero-order chi connectivity index (χ0) is 14.6. The van der Waals surface area contributed by atoms with Crippen LogP contribution in [0.4, 0.5) is 0 Å². The fourth-order valence-electron chi connectivity index (χ4n) is 2.37. The molecule has 4 nitrogen and oxygen atoms in total. The fraction of sp³-hybridized carbons (Fsp3) is 0.533. The lowest BCUT2D eigenvalue weighted by atomic mass is 10.1. The van der Waals surface area contributed by atoms with E-state index in [9.17, 15) is 13.2 Å². The maximum absolute atomic E-state index is 12.3. The number of Topliss-reactive ketones (excluding diaryl/α,β-unsaturated/α-hetero) is 1. The second-order valence-corrected chi connectivity index (χ2v) is 7.10. The number of hydrogen-bond acceptors (Lipinski definition) is 3. The molecule has 1 aromatic rings. The number of nitrogens with zero attached hydrogens (tertiary/aromatic N) is 1. The molecule has 110 valence electrons. The first kappa shape index (κ1) is 15.2. The number of ketones is 1. The summed E-state index contributed by atoms with van der Waals surface area (Å²) in [5.41, 5.74) is 0.596. The second-order valence-electron chi connectivity index (χ2n) is 5.16. The van der Waals surface area contributed by atoms with Gasteiger partial charge in [-0.3, -0.25) is 4.79 Å². The molecule has 1 aromatic carbocycles. The van der Waals surface area contributed by atoms with E-state index < -0.39 is 10.0 Å². The average molecular weight is 295 g/mol. The highest BCUT2D eigenvalue weighted by atomic mass is 32.2. The molecule has 2 rings (SSSR count). The average Bonchev–Trinajstić information content (AvgIpc) is 3.00. The maximum atomic E-state index is 12.3. The van der Waals surface area contributed by atoms with E-state index >= 15 is 0 Å². The quantitative estimate of drug-likeness (QED) is 0.758. The topological polar surface area (TPSA) is 54.5 Å². The molecule has 0 N–H and O–H groups in total. The van der Waals surface area contributed by atoms with Gasteiger partial charge >= 0.3 is 0 Å². The molecule has 1 aliphatic rings. The Balaban J connectivity index is 2.13. The molecule has 0 radical (unpaired) electrons. The van der Waals surface area contributed by atoms with Gasteiger partial charge in [-0.05, 0) is 31.4 Å². The molecular formula is C15H21NO3S. The Hall–Kier alpha value is -1.20. The summed E-state index contributed by atoms with van der Waals surface area (Å²) in [6.45, 7) is 3.23. The summed E-state index contributed by atoms with van der Waals surface area (Å²) in [5.74, 6) is 0.0805. The van der Waals surface area contributed by atoms with E-state index in [0.29, 0.717) is 25.1 Å². The van der Waals surface area contributed by atoms with Crippen molar-refractivity contribution in [3.05, 3.63) is 29.8 Å². The van der Waals surface area contributed by atoms with Crippen LogP contribution in [0.5, 0.6) is 0 Å². The van der Waals surface area contributed by atoms with Crippen LogP contribution in [-0.2, 0) is 10.0 Å². The standard InChI is InChI=1S/C15H21NO3S/c1-2-3-6-15(17)13-7-9-14(10-8-13)20(18,19)16-11-4-5-12-16/h7-10H,2-6,11-12H2,1H3. The summed E-state index contributed by atoms with van der Waals surface area (Å²) < 4.78 is 26.2. The van der Waals surface area contributed by atoms with E-state index in [1.807, 2.05) is 6.92 Å². The Morgan fingerprint density at radius 3 is 2.30 bits per heavy atom. The largest absolute Gasteiger partial charge is 0.294 e. The SMILES string of the molecule is CCCCC(=O)c1ccc(S(=O)(=O)N2CCCC2)cc1. The smallest absolute Gasteiger partial charge is 0.243 e. The van der Waals surface area contributed by atoms with Crippen LogP contribution in [0.1, 0.15) is 49.4 Å². The molecule has 5 heteroatoms. The summed E-state index contributed by atoms with van der Waals surface area (Å²) in [7, 11) is -3.38. The highest BCUT2D eigenvalue weighted by molar-refractivity contribution is 7.89. The van der Waals surface area contributed by atoms with Crippen molar-refractivity contribution in [1.29, 1.82) is 0 Å². The summed E-state index contributed by atoms with van der Waals surface area (Å²) in [4.78, 5) is 12.1. The van der Waals surface area contributed by atoms with Crippen LogP contribution in [0.3, 0.4) is 0 Å². The summed E-state index contributed by atoms with van der Waals surface area (Å²) in [5, 5.41) is 0. The minimum atomic E-state index is -3.38. The molecule has 0 saturated carbocycles. The van der Waals surface area contributed by atoms with Crippen LogP contribution in [0.25, 0.3) is 0 Å². The van der Waals surface area contributed by atoms with Crippen molar-refractivity contribution in [2.45, 2.75) is 43.9 Å². The number of rotatable bonds is 6. The Kier molecular flexibility index (Phi) is 4.94. The first-order valence-corrected chi connectivity index (χ1v) is 8.63. The highest BCUT2D eigenvalue weighted by Crippen LogP contribution is 2.21. The highest BCUT2D eigenvalue weighted by Gasteiger charge is 2.27. The maximum Gasteiger partial charge on any atom is 0.243 e. The zero-order valence-corrected chi connectivity index (χ0v) is 12.7. The van der Waals surface area contributed by atoms with Crippen molar-refractivity contribution < 1.29 is 13.2 Å². The number of hydrogen-bond donors (Lipinski definition) is 0. The minimum Gasteiger partial charge on any atom is -0.294 e.